The van der Waals surface area contributed by atoms with Crippen molar-refractivity contribution in [2.24, 2.45) is 0 Å². The summed E-state index contributed by atoms with van der Waals surface area (Å²) in [6.07, 6.45) is 1.43. The van der Waals surface area contributed by atoms with Gasteiger partial charge in [0.15, 0.2) is 5.79 Å². The molecule has 0 saturated carbocycles. The molecule has 6 nitrogen and oxygen atoms in total. The van der Waals surface area contributed by atoms with Crippen LogP contribution < -0.4 is 0 Å². The Balaban J connectivity index is 1.45. The molecule has 3 heterocycles. The number of epoxide rings is 3. The van der Waals surface area contributed by atoms with E-state index >= 15 is 0 Å². The number of hydrogen-bond donors (Lipinski definition) is 0. The SMILES string of the molecule is CCC(COCC1CO1)(OCC1CO1)OCC1CO1. The van der Waals surface area contributed by atoms with E-state index in [9.17, 15) is 0 Å². The second-order valence-corrected chi connectivity index (χ2v) is 5.27. The average molecular weight is 274 g/mol. The summed E-state index contributed by atoms with van der Waals surface area (Å²) in [5.41, 5.74) is 0. The number of rotatable bonds is 11. The maximum absolute atomic E-state index is 5.91. The van der Waals surface area contributed by atoms with E-state index in [1.165, 1.54) is 0 Å². The summed E-state index contributed by atoms with van der Waals surface area (Å²) in [4.78, 5) is 0. The van der Waals surface area contributed by atoms with E-state index in [1.807, 2.05) is 6.92 Å². The second-order valence-electron chi connectivity index (χ2n) is 5.27. The van der Waals surface area contributed by atoms with E-state index in [0.717, 1.165) is 26.2 Å². The molecule has 3 fully saturated rings. The minimum atomic E-state index is -0.688. The highest BCUT2D eigenvalue weighted by Crippen LogP contribution is 2.24. The fourth-order valence-corrected chi connectivity index (χ4v) is 1.76. The lowest BCUT2D eigenvalue weighted by molar-refractivity contribution is -0.265. The van der Waals surface area contributed by atoms with Gasteiger partial charge in [-0.2, -0.15) is 0 Å². The normalized spacial score (nSPS) is 34.9. The second kappa shape index (κ2) is 6.03. The highest BCUT2D eigenvalue weighted by Gasteiger charge is 2.37. The Morgan fingerprint density at radius 3 is 1.79 bits per heavy atom. The highest BCUT2D eigenvalue weighted by molar-refractivity contribution is 4.77. The highest BCUT2D eigenvalue weighted by atomic mass is 16.7. The van der Waals surface area contributed by atoms with E-state index in [-0.39, 0.29) is 18.3 Å². The Labute approximate surface area is 113 Å². The Kier molecular flexibility index (Phi) is 4.36. The molecule has 3 saturated heterocycles. The molecule has 3 aliphatic rings. The Bertz CT molecular complexity index is 269. The van der Waals surface area contributed by atoms with Gasteiger partial charge in [0.25, 0.3) is 0 Å². The molecule has 3 unspecified atom stereocenters. The smallest absolute Gasteiger partial charge is 0.191 e. The molecule has 0 radical (unpaired) electrons. The average Bonchev–Trinajstić information content (AvgIpc) is 3.29. The summed E-state index contributed by atoms with van der Waals surface area (Å²) in [5, 5.41) is 0. The van der Waals surface area contributed by atoms with Gasteiger partial charge >= 0.3 is 0 Å². The van der Waals surface area contributed by atoms with E-state index in [2.05, 4.69) is 0 Å². The summed E-state index contributed by atoms with van der Waals surface area (Å²) in [6.45, 7) is 6.54. The van der Waals surface area contributed by atoms with E-state index < -0.39 is 5.79 Å². The van der Waals surface area contributed by atoms with Crippen molar-refractivity contribution in [1.82, 2.24) is 0 Å². The molecular weight excluding hydrogens is 252 g/mol. The molecule has 19 heavy (non-hydrogen) atoms. The van der Waals surface area contributed by atoms with E-state index in [1.54, 1.807) is 0 Å². The van der Waals surface area contributed by atoms with Crippen molar-refractivity contribution in [3.63, 3.8) is 0 Å². The van der Waals surface area contributed by atoms with Crippen LogP contribution in [0.2, 0.25) is 0 Å². The molecule has 0 aromatic carbocycles. The molecule has 3 rings (SSSR count). The van der Waals surface area contributed by atoms with Gasteiger partial charge in [0.2, 0.25) is 0 Å². The molecule has 0 spiro atoms. The minimum absolute atomic E-state index is 0.221. The molecule has 0 aliphatic carbocycles. The molecule has 0 aromatic rings. The summed E-state index contributed by atoms with van der Waals surface area (Å²) < 4.78 is 33.0. The molecule has 3 aliphatic heterocycles. The third kappa shape index (κ3) is 4.66. The van der Waals surface area contributed by atoms with Gasteiger partial charge in [0.05, 0.1) is 39.6 Å². The van der Waals surface area contributed by atoms with Crippen LogP contribution in [0.25, 0.3) is 0 Å². The van der Waals surface area contributed by atoms with Gasteiger partial charge in [-0.15, -0.1) is 0 Å². The van der Waals surface area contributed by atoms with Crippen LogP contribution >= 0.6 is 0 Å². The van der Waals surface area contributed by atoms with E-state index in [4.69, 9.17) is 28.4 Å². The van der Waals surface area contributed by atoms with Gasteiger partial charge in [-0.1, -0.05) is 6.92 Å². The van der Waals surface area contributed by atoms with Crippen molar-refractivity contribution >= 4 is 0 Å². The quantitative estimate of drug-likeness (QED) is 0.400. The van der Waals surface area contributed by atoms with Crippen molar-refractivity contribution in [3.05, 3.63) is 0 Å². The first-order valence-corrected chi connectivity index (χ1v) is 7.00. The van der Waals surface area contributed by atoms with Crippen LogP contribution in [0.4, 0.5) is 0 Å². The third-order valence-corrected chi connectivity index (χ3v) is 3.44. The van der Waals surface area contributed by atoms with Crippen molar-refractivity contribution in [2.45, 2.75) is 37.4 Å². The first-order chi connectivity index (χ1) is 9.30. The summed E-state index contributed by atoms with van der Waals surface area (Å²) >= 11 is 0. The van der Waals surface area contributed by atoms with Crippen LogP contribution in [0.1, 0.15) is 13.3 Å². The minimum Gasteiger partial charge on any atom is -0.373 e. The number of ether oxygens (including phenoxy) is 6. The maximum atomic E-state index is 5.91. The largest absolute Gasteiger partial charge is 0.373 e. The van der Waals surface area contributed by atoms with Gasteiger partial charge in [0.1, 0.15) is 24.9 Å². The fourth-order valence-electron chi connectivity index (χ4n) is 1.76. The molecular formula is C13H22O6. The summed E-state index contributed by atoms with van der Waals surface area (Å²) in [6, 6.07) is 0. The molecule has 6 heteroatoms. The van der Waals surface area contributed by atoms with Crippen molar-refractivity contribution in [2.75, 3.05) is 46.2 Å². The molecule has 0 amide bonds. The lowest BCUT2D eigenvalue weighted by Gasteiger charge is -2.32. The Hall–Kier alpha value is -0.240. The van der Waals surface area contributed by atoms with Crippen molar-refractivity contribution in [1.29, 1.82) is 0 Å². The Morgan fingerprint density at radius 1 is 0.895 bits per heavy atom. The van der Waals surface area contributed by atoms with Crippen LogP contribution in [-0.2, 0) is 28.4 Å². The monoisotopic (exact) mass is 274 g/mol. The van der Waals surface area contributed by atoms with Crippen LogP contribution in [0.3, 0.4) is 0 Å². The van der Waals surface area contributed by atoms with Gasteiger partial charge < -0.3 is 28.4 Å². The van der Waals surface area contributed by atoms with Crippen LogP contribution in [0.5, 0.6) is 0 Å². The third-order valence-electron chi connectivity index (χ3n) is 3.44. The summed E-state index contributed by atoms with van der Waals surface area (Å²) in [5.74, 6) is -0.688. The lowest BCUT2D eigenvalue weighted by atomic mass is 10.2. The van der Waals surface area contributed by atoms with Gasteiger partial charge in [-0.3, -0.25) is 0 Å². The van der Waals surface area contributed by atoms with Crippen molar-refractivity contribution in [3.8, 4) is 0 Å². The topological polar surface area (TPSA) is 65.3 Å². The maximum Gasteiger partial charge on any atom is 0.191 e. The predicted molar refractivity (Wildman–Crippen MR) is 65.0 cm³/mol. The molecule has 3 atom stereocenters. The molecule has 110 valence electrons. The van der Waals surface area contributed by atoms with E-state index in [0.29, 0.717) is 26.4 Å². The lowest BCUT2D eigenvalue weighted by Crippen LogP contribution is -2.42. The standard InChI is InChI=1S/C13H22O6/c1-2-13(18-7-11-5-16-11,19-8-12-6-17-12)9-14-3-10-4-15-10/h10-12H,2-9H2,1H3. The first-order valence-electron chi connectivity index (χ1n) is 7.00. The molecule has 0 N–H and O–H groups in total. The van der Waals surface area contributed by atoms with Gasteiger partial charge in [-0.05, 0) is 0 Å². The van der Waals surface area contributed by atoms with Crippen LogP contribution in [-0.4, -0.2) is 70.3 Å². The van der Waals surface area contributed by atoms with Crippen LogP contribution in [0.15, 0.2) is 0 Å². The summed E-state index contributed by atoms with van der Waals surface area (Å²) in [7, 11) is 0. The van der Waals surface area contributed by atoms with Gasteiger partial charge in [0, 0.05) is 6.42 Å². The molecule has 0 aromatic heterocycles. The van der Waals surface area contributed by atoms with Gasteiger partial charge in [-0.25, -0.2) is 0 Å². The molecule has 0 bridgehead atoms. The van der Waals surface area contributed by atoms with Crippen molar-refractivity contribution < 1.29 is 28.4 Å². The zero-order valence-corrected chi connectivity index (χ0v) is 11.3. The number of hydrogen-bond acceptors (Lipinski definition) is 6. The zero-order valence-electron chi connectivity index (χ0n) is 11.3. The van der Waals surface area contributed by atoms with Crippen LogP contribution in [0, 0.1) is 0 Å². The predicted octanol–water partition coefficient (Wildman–Crippen LogP) is 0.339. The zero-order chi connectivity index (χ0) is 13.1. The first kappa shape index (κ1) is 13.7. The Morgan fingerprint density at radius 2 is 1.37 bits per heavy atom. The fraction of sp³-hybridized carbons (Fsp3) is 1.00.